The standard InChI is InChI=1S/C11H11NO4/c13-6-2-1-3-9-4-5-10(8-14)11(7-9)12(15)16/h1,3-5,7-8,13H,2,6H2. The number of rotatable bonds is 5. The van der Waals surface area contributed by atoms with Crippen LogP contribution in [0.25, 0.3) is 6.08 Å². The average Bonchev–Trinajstić information content (AvgIpc) is 2.29. The molecular formula is C11H11NO4. The Balaban J connectivity index is 3.02. The van der Waals surface area contributed by atoms with Crippen LogP contribution in [0.4, 0.5) is 5.69 Å². The highest BCUT2D eigenvalue weighted by molar-refractivity contribution is 5.82. The van der Waals surface area contributed by atoms with Crippen LogP contribution in [0.5, 0.6) is 0 Å². The lowest BCUT2D eigenvalue weighted by Crippen LogP contribution is -1.94. The lowest BCUT2D eigenvalue weighted by molar-refractivity contribution is -0.385. The molecule has 0 amide bonds. The van der Waals surface area contributed by atoms with Gasteiger partial charge >= 0.3 is 0 Å². The molecule has 0 radical (unpaired) electrons. The summed E-state index contributed by atoms with van der Waals surface area (Å²) in [5, 5.41) is 19.2. The Morgan fingerprint density at radius 3 is 2.75 bits per heavy atom. The number of carbonyl (C=O) groups is 1. The first-order valence-electron chi connectivity index (χ1n) is 4.70. The molecule has 0 heterocycles. The number of carbonyl (C=O) groups excluding carboxylic acids is 1. The molecule has 0 saturated heterocycles. The van der Waals surface area contributed by atoms with Gasteiger partial charge in [0.2, 0.25) is 0 Å². The second-order valence-corrected chi connectivity index (χ2v) is 3.11. The molecule has 0 aliphatic rings. The Kier molecular flexibility index (Phi) is 4.35. The number of hydrogen-bond acceptors (Lipinski definition) is 4. The van der Waals surface area contributed by atoms with Crippen LogP contribution in [0.3, 0.4) is 0 Å². The van der Waals surface area contributed by atoms with E-state index in [-0.39, 0.29) is 17.9 Å². The molecule has 0 bridgehead atoms. The number of nitrogens with zero attached hydrogens (tertiary/aromatic N) is 1. The largest absolute Gasteiger partial charge is 0.396 e. The third kappa shape index (κ3) is 2.99. The van der Waals surface area contributed by atoms with E-state index in [1.165, 1.54) is 12.1 Å². The average molecular weight is 221 g/mol. The highest BCUT2D eigenvalue weighted by Gasteiger charge is 2.12. The molecule has 0 atom stereocenters. The molecular weight excluding hydrogens is 210 g/mol. The van der Waals surface area contributed by atoms with Crippen molar-refractivity contribution in [3.8, 4) is 0 Å². The predicted molar refractivity (Wildman–Crippen MR) is 59.2 cm³/mol. The van der Waals surface area contributed by atoms with Gasteiger partial charge in [0, 0.05) is 12.7 Å². The maximum absolute atomic E-state index is 10.6. The maximum Gasteiger partial charge on any atom is 0.280 e. The summed E-state index contributed by atoms with van der Waals surface area (Å²) in [7, 11) is 0. The lowest BCUT2D eigenvalue weighted by Gasteiger charge is -1.97. The highest BCUT2D eigenvalue weighted by Crippen LogP contribution is 2.19. The lowest BCUT2D eigenvalue weighted by atomic mass is 10.1. The Hall–Kier alpha value is -2.01. The van der Waals surface area contributed by atoms with Gasteiger partial charge in [-0.2, -0.15) is 0 Å². The number of aliphatic hydroxyl groups excluding tert-OH is 1. The number of nitro benzene ring substituents is 1. The van der Waals surface area contributed by atoms with Gasteiger partial charge in [-0.25, -0.2) is 0 Å². The summed E-state index contributed by atoms with van der Waals surface area (Å²) in [6, 6.07) is 4.35. The highest BCUT2D eigenvalue weighted by atomic mass is 16.6. The van der Waals surface area contributed by atoms with E-state index < -0.39 is 4.92 Å². The fraction of sp³-hybridized carbons (Fsp3) is 0.182. The van der Waals surface area contributed by atoms with Crippen molar-refractivity contribution >= 4 is 18.0 Å². The minimum atomic E-state index is -0.590. The van der Waals surface area contributed by atoms with Crippen LogP contribution >= 0.6 is 0 Å². The molecule has 0 aliphatic carbocycles. The normalized spacial score (nSPS) is 10.6. The molecule has 5 heteroatoms. The van der Waals surface area contributed by atoms with Crippen LogP contribution in [-0.4, -0.2) is 22.9 Å². The monoisotopic (exact) mass is 221 g/mol. The van der Waals surface area contributed by atoms with Crippen molar-refractivity contribution in [2.24, 2.45) is 0 Å². The van der Waals surface area contributed by atoms with Gasteiger partial charge in [-0.3, -0.25) is 14.9 Å². The van der Waals surface area contributed by atoms with Gasteiger partial charge in [-0.1, -0.05) is 18.2 Å². The molecule has 0 unspecified atom stereocenters. The molecule has 84 valence electrons. The topological polar surface area (TPSA) is 80.4 Å². The molecule has 0 saturated carbocycles. The van der Waals surface area contributed by atoms with Crippen LogP contribution in [0.1, 0.15) is 22.3 Å². The molecule has 5 nitrogen and oxygen atoms in total. The van der Waals surface area contributed by atoms with Crippen molar-refractivity contribution in [1.82, 2.24) is 0 Å². The van der Waals surface area contributed by atoms with Crippen LogP contribution in [0, 0.1) is 10.1 Å². The van der Waals surface area contributed by atoms with Crippen LogP contribution in [-0.2, 0) is 0 Å². The fourth-order valence-corrected chi connectivity index (χ4v) is 1.22. The molecule has 1 N–H and O–H groups in total. The summed E-state index contributed by atoms with van der Waals surface area (Å²) in [5.74, 6) is 0. The minimum Gasteiger partial charge on any atom is -0.396 e. The second-order valence-electron chi connectivity index (χ2n) is 3.11. The first-order valence-corrected chi connectivity index (χ1v) is 4.70. The van der Waals surface area contributed by atoms with Gasteiger partial charge in [-0.15, -0.1) is 0 Å². The summed E-state index contributed by atoms with van der Waals surface area (Å²) in [5.41, 5.74) is 0.483. The van der Waals surface area contributed by atoms with Crippen molar-refractivity contribution in [2.45, 2.75) is 6.42 Å². The molecule has 1 aromatic carbocycles. The van der Waals surface area contributed by atoms with Gasteiger partial charge in [0.05, 0.1) is 10.5 Å². The van der Waals surface area contributed by atoms with Crippen LogP contribution in [0.2, 0.25) is 0 Å². The van der Waals surface area contributed by atoms with Crippen molar-refractivity contribution in [1.29, 1.82) is 0 Å². The summed E-state index contributed by atoms with van der Waals surface area (Å²) in [4.78, 5) is 20.6. The molecule has 0 aromatic heterocycles. The van der Waals surface area contributed by atoms with E-state index in [4.69, 9.17) is 5.11 Å². The molecule has 1 rings (SSSR count). The summed E-state index contributed by atoms with van der Waals surface area (Å²) in [6.07, 6.45) is 4.32. The number of aldehydes is 1. The molecule has 1 aromatic rings. The summed E-state index contributed by atoms with van der Waals surface area (Å²) >= 11 is 0. The van der Waals surface area contributed by atoms with Gasteiger partial charge in [0.1, 0.15) is 0 Å². The first-order chi connectivity index (χ1) is 7.69. The number of nitro groups is 1. The SMILES string of the molecule is O=Cc1ccc(C=CCCO)cc1[N+](=O)[O-]. The minimum absolute atomic E-state index is 0.0328. The van der Waals surface area contributed by atoms with Crippen molar-refractivity contribution in [3.05, 3.63) is 45.5 Å². The number of benzene rings is 1. The third-order valence-electron chi connectivity index (χ3n) is 1.98. The Morgan fingerprint density at radius 2 is 2.19 bits per heavy atom. The molecule has 0 aliphatic heterocycles. The smallest absolute Gasteiger partial charge is 0.280 e. The summed E-state index contributed by atoms with van der Waals surface area (Å²) in [6.45, 7) is 0.0328. The van der Waals surface area contributed by atoms with E-state index in [1.54, 1.807) is 18.2 Å². The molecule has 0 fully saturated rings. The quantitative estimate of drug-likeness (QED) is 0.467. The van der Waals surface area contributed by atoms with Gasteiger partial charge in [-0.05, 0) is 18.1 Å². The zero-order chi connectivity index (χ0) is 12.0. The predicted octanol–water partition coefficient (Wildman–Crippen LogP) is 1.80. The Morgan fingerprint density at radius 1 is 1.44 bits per heavy atom. The number of hydrogen-bond donors (Lipinski definition) is 1. The van der Waals surface area contributed by atoms with Crippen molar-refractivity contribution < 1.29 is 14.8 Å². The van der Waals surface area contributed by atoms with Crippen LogP contribution in [0.15, 0.2) is 24.3 Å². The van der Waals surface area contributed by atoms with E-state index in [2.05, 4.69) is 0 Å². The number of aliphatic hydroxyl groups is 1. The zero-order valence-corrected chi connectivity index (χ0v) is 8.50. The van der Waals surface area contributed by atoms with Gasteiger partial charge in [0.15, 0.2) is 6.29 Å². The first kappa shape index (κ1) is 12.1. The third-order valence-corrected chi connectivity index (χ3v) is 1.98. The van der Waals surface area contributed by atoms with E-state index in [9.17, 15) is 14.9 Å². The molecule has 16 heavy (non-hydrogen) atoms. The fourth-order valence-electron chi connectivity index (χ4n) is 1.22. The van der Waals surface area contributed by atoms with Gasteiger partial charge < -0.3 is 5.11 Å². The zero-order valence-electron chi connectivity index (χ0n) is 8.50. The Labute approximate surface area is 92.2 Å². The Bertz CT molecular complexity index is 426. The van der Waals surface area contributed by atoms with E-state index in [0.29, 0.717) is 18.3 Å². The van der Waals surface area contributed by atoms with Crippen molar-refractivity contribution in [2.75, 3.05) is 6.61 Å². The maximum atomic E-state index is 10.6. The summed E-state index contributed by atoms with van der Waals surface area (Å²) < 4.78 is 0. The molecule has 0 spiro atoms. The van der Waals surface area contributed by atoms with Crippen LogP contribution < -0.4 is 0 Å². The van der Waals surface area contributed by atoms with Gasteiger partial charge in [0.25, 0.3) is 5.69 Å². The van der Waals surface area contributed by atoms with E-state index in [0.717, 1.165) is 0 Å². The van der Waals surface area contributed by atoms with E-state index >= 15 is 0 Å². The van der Waals surface area contributed by atoms with E-state index in [1.807, 2.05) is 0 Å². The van der Waals surface area contributed by atoms with Crippen molar-refractivity contribution in [3.63, 3.8) is 0 Å². The second kappa shape index (κ2) is 5.77.